The van der Waals surface area contributed by atoms with Crippen molar-refractivity contribution in [1.82, 2.24) is 10.3 Å². The Labute approximate surface area is 119 Å². The third-order valence-corrected chi connectivity index (χ3v) is 4.68. The Kier molecular flexibility index (Phi) is 6.62. The van der Waals surface area contributed by atoms with Gasteiger partial charge in [-0.15, -0.1) is 12.4 Å². The van der Waals surface area contributed by atoms with Crippen LogP contribution in [-0.4, -0.2) is 28.0 Å². The first-order valence-electron chi connectivity index (χ1n) is 5.47. The molecule has 1 fully saturated rings. The number of nitrogens with zero attached hydrogens (tertiary/aromatic N) is 1. The molecule has 1 unspecified atom stereocenters. The van der Waals surface area contributed by atoms with E-state index in [9.17, 15) is 4.21 Å². The van der Waals surface area contributed by atoms with Gasteiger partial charge in [0.25, 0.3) is 0 Å². The van der Waals surface area contributed by atoms with E-state index in [1.807, 2.05) is 18.2 Å². The zero-order valence-corrected chi connectivity index (χ0v) is 12.6. The summed E-state index contributed by atoms with van der Waals surface area (Å²) in [5, 5.41) is 4.00. The molecule has 1 atom stereocenters. The summed E-state index contributed by atoms with van der Waals surface area (Å²) in [6.07, 6.45) is 2.25. The molecule has 0 radical (unpaired) electrons. The molecule has 17 heavy (non-hydrogen) atoms. The molecule has 0 bridgehead atoms. The van der Waals surface area contributed by atoms with Gasteiger partial charge in [0.1, 0.15) is 9.63 Å². The Morgan fingerprint density at radius 1 is 1.41 bits per heavy atom. The van der Waals surface area contributed by atoms with Crippen LogP contribution in [0.15, 0.2) is 27.8 Å². The number of hydrogen-bond donors (Lipinski definition) is 1. The zero-order valence-electron chi connectivity index (χ0n) is 9.39. The number of rotatable bonds is 3. The summed E-state index contributed by atoms with van der Waals surface area (Å²) in [6, 6.07) is 5.57. The van der Waals surface area contributed by atoms with Gasteiger partial charge in [0.15, 0.2) is 0 Å². The maximum absolute atomic E-state index is 12.1. The van der Waals surface area contributed by atoms with Crippen LogP contribution >= 0.6 is 28.3 Å². The van der Waals surface area contributed by atoms with E-state index < -0.39 is 10.8 Å². The van der Waals surface area contributed by atoms with Gasteiger partial charge in [-0.1, -0.05) is 6.07 Å². The van der Waals surface area contributed by atoms with Crippen molar-refractivity contribution in [3.05, 3.63) is 22.8 Å². The van der Waals surface area contributed by atoms with Crippen molar-refractivity contribution in [2.45, 2.75) is 17.9 Å². The second-order valence-electron chi connectivity index (χ2n) is 4.00. The van der Waals surface area contributed by atoms with Crippen LogP contribution in [0.1, 0.15) is 12.8 Å². The van der Waals surface area contributed by atoms with Gasteiger partial charge in [0.05, 0.1) is 10.8 Å². The number of halogens is 2. The van der Waals surface area contributed by atoms with Gasteiger partial charge in [-0.25, -0.2) is 4.98 Å². The van der Waals surface area contributed by atoms with Crippen molar-refractivity contribution in [3.63, 3.8) is 0 Å². The fourth-order valence-electron chi connectivity index (χ4n) is 1.86. The van der Waals surface area contributed by atoms with E-state index in [1.165, 1.54) is 0 Å². The van der Waals surface area contributed by atoms with Gasteiger partial charge < -0.3 is 5.32 Å². The third-order valence-electron chi connectivity index (χ3n) is 2.77. The van der Waals surface area contributed by atoms with Gasteiger partial charge in [-0.2, -0.15) is 0 Å². The van der Waals surface area contributed by atoms with Crippen LogP contribution in [0.4, 0.5) is 0 Å². The summed E-state index contributed by atoms with van der Waals surface area (Å²) in [5.74, 6) is 1.31. The molecule has 1 N–H and O–H groups in total. The highest BCUT2D eigenvalue weighted by Gasteiger charge is 2.17. The van der Waals surface area contributed by atoms with E-state index in [0.29, 0.717) is 10.9 Å². The summed E-state index contributed by atoms with van der Waals surface area (Å²) >= 11 is 3.30. The van der Waals surface area contributed by atoms with E-state index in [1.54, 1.807) is 0 Å². The second kappa shape index (κ2) is 7.46. The number of piperidine rings is 1. The summed E-state index contributed by atoms with van der Waals surface area (Å²) in [7, 11) is -0.960. The van der Waals surface area contributed by atoms with Crippen molar-refractivity contribution in [2.75, 3.05) is 18.8 Å². The van der Waals surface area contributed by atoms with E-state index in [4.69, 9.17) is 0 Å². The molecule has 1 aliphatic rings. The first-order chi connectivity index (χ1) is 7.75. The Morgan fingerprint density at radius 2 is 2.12 bits per heavy atom. The number of pyridine rings is 1. The molecule has 3 nitrogen and oxygen atoms in total. The Bertz CT molecular complexity index is 385. The molecule has 6 heteroatoms. The largest absolute Gasteiger partial charge is 0.317 e. The van der Waals surface area contributed by atoms with Crippen molar-refractivity contribution < 1.29 is 4.21 Å². The summed E-state index contributed by atoms with van der Waals surface area (Å²) in [4.78, 5) is 4.24. The lowest BCUT2D eigenvalue weighted by molar-refractivity contribution is 0.405. The van der Waals surface area contributed by atoms with Crippen LogP contribution in [-0.2, 0) is 10.8 Å². The SMILES string of the molecule is Cl.O=S(CC1CCNCC1)c1cccc(Br)n1. The summed E-state index contributed by atoms with van der Waals surface area (Å²) in [5.41, 5.74) is 0. The van der Waals surface area contributed by atoms with Gasteiger partial charge >= 0.3 is 0 Å². The lowest BCUT2D eigenvalue weighted by atomic mass is 10.0. The van der Waals surface area contributed by atoms with Crippen LogP contribution in [0, 0.1) is 5.92 Å². The number of hydrogen-bond acceptors (Lipinski definition) is 3. The van der Waals surface area contributed by atoms with Crippen LogP contribution in [0.5, 0.6) is 0 Å². The lowest BCUT2D eigenvalue weighted by Gasteiger charge is -2.21. The van der Waals surface area contributed by atoms with Gasteiger partial charge in [0, 0.05) is 5.75 Å². The molecular formula is C11H16BrClN2OS. The molecule has 1 aliphatic heterocycles. The van der Waals surface area contributed by atoms with E-state index in [2.05, 4.69) is 26.2 Å². The summed E-state index contributed by atoms with van der Waals surface area (Å²) < 4.78 is 12.8. The van der Waals surface area contributed by atoms with Crippen LogP contribution in [0.3, 0.4) is 0 Å². The molecule has 0 aliphatic carbocycles. The Hall–Kier alpha value is 0.0300. The van der Waals surface area contributed by atoms with Gasteiger partial charge in [-0.3, -0.25) is 4.21 Å². The summed E-state index contributed by atoms with van der Waals surface area (Å²) in [6.45, 7) is 2.10. The van der Waals surface area contributed by atoms with Crippen molar-refractivity contribution >= 4 is 39.1 Å². The third kappa shape index (κ3) is 4.66. The van der Waals surface area contributed by atoms with E-state index in [0.717, 1.165) is 36.3 Å². The molecule has 0 spiro atoms. The van der Waals surface area contributed by atoms with E-state index >= 15 is 0 Å². The minimum absolute atomic E-state index is 0. The van der Waals surface area contributed by atoms with Crippen LogP contribution in [0.25, 0.3) is 0 Å². The minimum atomic E-state index is -0.960. The van der Waals surface area contributed by atoms with Gasteiger partial charge in [-0.05, 0) is 59.9 Å². The highest BCUT2D eigenvalue weighted by atomic mass is 79.9. The number of aromatic nitrogens is 1. The predicted octanol–water partition coefficient (Wildman–Crippen LogP) is 2.37. The van der Waals surface area contributed by atoms with Crippen molar-refractivity contribution in [3.8, 4) is 0 Å². The molecular weight excluding hydrogens is 324 g/mol. The smallest absolute Gasteiger partial charge is 0.128 e. The molecule has 0 amide bonds. The lowest BCUT2D eigenvalue weighted by Crippen LogP contribution is -2.30. The Balaban J connectivity index is 0.00000144. The topological polar surface area (TPSA) is 42.0 Å². The first-order valence-corrected chi connectivity index (χ1v) is 7.58. The standard InChI is InChI=1S/C11H15BrN2OS.ClH/c12-10-2-1-3-11(14-10)16(15)8-9-4-6-13-7-5-9;/h1-3,9,13H,4-8H2;1H. The molecule has 2 heterocycles. The predicted molar refractivity (Wildman–Crippen MR) is 76.1 cm³/mol. The average Bonchev–Trinajstić information content (AvgIpc) is 2.30. The van der Waals surface area contributed by atoms with Crippen molar-refractivity contribution in [2.24, 2.45) is 5.92 Å². The normalized spacial score (nSPS) is 18.4. The molecule has 1 aromatic heterocycles. The molecule has 96 valence electrons. The fourth-order valence-corrected chi connectivity index (χ4v) is 3.69. The highest BCUT2D eigenvalue weighted by Crippen LogP contribution is 2.17. The average molecular weight is 340 g/mol. The first kappa shape index (κ1) is 15.1. The fraction of sp³-hybridized carbons (Fsp3) is 0.545. The molecule has 0 saturated carbocycles. The molecule has 2 rings (SSSR count). The van der Waals surface area contributed by atoms with E-state index in [-0.39, 0.29) is 12.4 Å². The zero-order chi connectivity index (χ0) is 11.4. The molecule has 1 saturated heterocycles. The molecule has 0 aromatic carbocycles. The second-order valence-corrected chi connectivity index (χ2v) is 6.26. The monoisotopic (exact) mass is 338 g/mol. The highest BCUT2D eigenvalue weighted by molar-refractivity contribution is 9.10. The van der Waals surface area contributed by atoms with Gasteiger partial charge in [0.2, 0.25) is 0 Å². The quantitative estimate of drug-likeness (QED) is 0.860. The Morgan fingerprint density at radius 3 is 2.76 bits per heavy atom. The number of nitrogens with one attached hydrogen (secondary N) is 1. The van der Waals surface area contributed by atoms with Crippen LogP contribution < -0.4 is 5.32 Å². The maximum atomic E-state index is 12.1. The van der Waals surface area contributed by atoms with Crippen LogP contribution in [0.2, 0.25) is 0 Å². The molecule has 1 aromatic rings. The maximum Gasteiger partial charge on any atom is 0.128 e. The minimum Gasteiger partial charge on any atom is -0.317 e. The van der Waals surface area contributed by atoms with Crippen molar-refractivity contribution in [1.29, 1.82) is 0 Å².